The van der Waals surface area contributed by atoms with E-state index in [1.165, 1.54) is 0 Å². The highest BCUT2D eigenvalue weighted by Crippen LogP contribution is 2.25. The second-order valence-corrected chi connectivity index (χ2v) is 4.82. The molecule has 2 rings (SSSR count). The number of piperazine rings is 1. The van der Waals surface area contributed by atoms with Crippen LogP contribution in [0.3, 0.4) is 0 Å². The SMILES string of the molecule is Cc1nnc(N2CCNC(=O)C2CC(=O)O)c(C#N)c1C. The van der Waals surface area contributed by atoms with E-state index < -0.39 is 12.0 Å². The van der Waals surface area contributed by atoms with Gasteiger partial charge < -0.3 is 15.3 Å². The van der Waals surface area contributed by atoms with E-state index in [1.54, 1.807) is 18.7 Å². The van der Waals surface area contributed by atoms with E-state index >= 15 is 0 Å². The zero-order valence-corrected chi connectivity index (χ0v) is 11.8. The Labute approximate surface area is 121 Å². The second-order valence-electron chi connectivity index (χ2n) is 4.82. The number of carbonyl (C=O) groups excluding carboxylic acids is 1. The molecule has 0 saturated carbocycles. The number of aliphatic carboxylic acids is 1. The minimum atomic E-state index is -1.09. The van der Waals surface area contributed by atoms with Crippen LogP contribution < -0.4 is 10.2 Å². The number of nitrogens with one attached hydrogen (secondary N) is 1. The maximum atomic E-state index is 11.9. The Bertz CT molecular complexity index is 637. The Morgan fingerprint density at radius 3 is 2.86 bits per heavy atom. The number of nitriles is 1. The summed E-state index contributed by atoms with van der Waals surface area (Å²) in [6.45, 7) is 4.25. The fraction of sp³-hybridized carbons (Fsp3) is 0.462. The number of carboxylic acids is 1. The Hall–Kier alpha value is -2.69. The molecule has 1 aromatic rings. The Balaban J connectivity index is 2.48. The quantitative estimate of drug-likeness (QED) is 0.787. The molecule has 1 unspecified atom stereocenters. The largest absolute Gasteiger partial charge is 0.481 e. The van der Waals surface area contributed by atoms with Gasteiger partial charge >= 0.3 is 5.97 Å². The van der Waals surface area contributed by atoms with Gasteiger partial charge in [0.2, 0.25) is 5.91 Å². The summed E-state index contributed by atoms with van der Waals surface area (Å²) < 4.78 is 0. The number of aryl methyl sites for hydroxylation is 1. The van der Waals surface area contributed by atoms with Gasteiger partial charge in [0.1, 0.15) is 17.7 Å². The van der Waals surface area contributed by atoms with Crippen molar-refractivity contribution in [2.24, 2.45) is 0 Å². The summed E-state index contributed by atoms with van der Waals surface area (Å²) in [5.41, 5.74) is 1.64. The number of nitrogens with zero attached hydrogens (tertiary/aromatic N) is 4. The first-order chi connectivity index (χ1) is 9.95. The van der Waals surface area contributed by atoms with Crippen molar-refractivity contribution in [2.45, 2.75) is 26.3 Å². The van der Waals surface area contributed by atoms with Gasteiger partial charge in [0.15, 0.2) is 5.82 Å². The van der Waals surface area contributed by atoms with E-state index in [1.807, 2.05) is 0 Å². The number of rotatable bonds is 3. The molecule has 1 atom stereocenters. The van der Waals surface area contributed by atoms with Gasteiger partial charge in [0.05, 0.1) is 12.1 Å². The van der Waals surface area contributed by atoms with Crippen LogP contribution in [0.4, 0.5) is 5.82 Å². The zero-order valence-electron chi connectivity index (χ0n) is 11.8. The Morgan fingerprint density at radius 1 is 1.52 bits per heavy atom. The van der Waals surface area contributed by atoms with Crippen LogP contribution in [0.2, 0.25) is 0 Å². The molecule has 21 heavy (non-hydrogen) atoms. The first-order valence-electron chi connectivity index (χ1n) is 6.45. The molecule has 1 fully saturated rings. The van der Waals surface area contributed by atoms with Crippen molar-refractivity contribution in [3.8, 4) is 6.07 Å². The fourth-order valence-corrected chi connectivity index (χ4v) is 2.27. The number of hydrogen-bond acceptors (Lipinski definition) is 6. The molecule has 1 amide bonds. The third-order valence-corrected chi connectivity index (χ3v) is 3.52. The normalized spacial score (nSPS) is 18.0. The standard InChI is InChI=1S/C13H15N5O3/c1-7-8(2)16-17-12(9(7)6-14)18-4-3-15-13(21)10(18)5-11(19)20/h10H,3-5H2,1-2H3,(H,15,21)(H,19,20). The molecule has 8 heteroatoms. The van der Waals surface area contributed by atoms with E-state index in [9.17, 15) is 14.9 Å². The number of carboxylic acid groups (broad SMARTS) is 1. The van der Waals surface area contributed by atoms with Crippen LogP contribution >= 0.6 is 0 Å². The molecule has 0 spiro atoms. The van der Waals surface area contributed by atoms with Crippen molar-refractivity contribution in [2.75, 3.05) is 18.0 Å². The summed E-state index contributed by atoms with van der Waals surface area (Å²) in [5.74, 6) is -1.20. The van der Waals surface area contributed by atoms with Crippen LogP contribution in [0.5, 0.6) is 0 Å². The molecule has 8 nitrogen and oxygen atoms in total. The van der Waals surface area contributed by atoms with Gasteiger partial charge in [-0.05, 0) is 19.4 Å². The molecule has 0 bridgehead atoms. The maximum absolute atomic E-state index is 11.9. The van der Waals surface area contributed by atoms with Gasteiger partial charge in [-0.1, -0.05) is 0 Å². The average Bonchev–Trinajstić information content (AvgIpc) is 2.43. The van der Waals surface area contributed by atoms with Crippen LogP contribution in [-0.2, 0) is 9.59 Å². The van der Waals surface area contributed by atoms with Crippen LogP contribution in [0.25, 0.3) is 0 Å². The van der Waals surface area contributed by atoms with E-state index in [4.69, 9.17) is 5.11 Å². The predicted octanol–water partition coefficient (Wildman–Crippen LogP) is -0.255. The molecule has 1 aliphatic heterocycles. The average molecular weight is 289 g/mol. The summed E-state index contributed by atoms with van der Waals surface area (Å²) in [6, 6.07) is 1.18. The van der Waals surface area contributed by atoms with Crippen LogP contribution in [0.1, 0.15) is 23.2 Å². The molecule has 2 heterocycles. The molecule has 110 valence electrons. The van der Waals surface area contributed by atoms with Crippen LogP contribution in [-0.4, -0.2) is 46.3 Å². The lowest BCUT2D eigenvalue weighted by atomic mass is 10.1. The Morgan fingerprint density at radius 2 is 2.24 bits per heavy atom. The van der Waals surface area contributed by atoms with Crippen LogP contribution in [0.15, 0.2) is 0 Å². The van der Waals surface area contributed by atoms with Gasteiger partial charge in [-0.15, -0.1) is 5.10 Å². The van der Waals surface area contributed by atoms with E-state index in [-0.39, 0.29) is 18.1 Å². The number of aromatic nitrogens is 2. The lowest BCUT2D eigenvalue weighted by molar-refractivity contribution is -0.139. The van der Waals surface area contributed by atoms with Gasteiger partial charge in [-0.25, -0.2) is 0 Å². The van der Waals surface area contributed by atoms with Gasteiger partial charge in [-0.3, -0.25) is 9.59 Å². The first-order valence-corrected chi connectivity index (χ1v) is 6.45. The third kappa shape index (κ3) is 2.76. The molecule has 1 aromatic heterocycles. The fourth-order valence-electron chi connectivity index (χ4n) is 2.27. The maximum Gasteiger partial charge on any atom is 0.305 e. The first kappa shape index (κ1) is 14.7. The minimum absolute atomic E-state index is 0.265. The van der Waals surface area contributed by atoms with Crippen molar-refractivity contribution < 1.29 is 14.7 Å². The molecule has 2 N–H and O–H groups in total. The third-order valence-electron chi connectivity index (χ3n) is 3.52. The predicted molar refractivity (Wildman–Crippen MR) is 72.6 cm³/mol. The molecule has 1 aliphatic rings. The Kier molecular flexibility index (Phi) is 4.03. The van der Waals surface area contributed by atoms with Crippen LogP contribution in [0, 0.1) is 25.2 Å². The van der Waals surface area contributed by atoms with E-state index in [0.29, 0.717) is 29.9 Å². The summed E-state index contributed by atoms with van der Waals surface area (Å²) >= 11 is 0. The molecule has 1 saturated heterocycles. The monoisotopic (exact) mass is 289 g/mol. The smallest absolute Gasteiger partial charge is 0.305 e. The highest BCUT2D eigenvalue weighted by Gasteiger charge is 2.34. The number of carbonyl (C=O) groups is 2. The van der Waals surface area contributed by atoms with Crippen molar-refractivity contribution in [1.82, 2.24) is 15.5 Å². The van der Waals surface area contributed by atoms with Crippen molar-refractivity contribution in [1.29, 1.82) is 5.26 Å². The molecular weight excluding hydrogens is 274 g/mol. The van der Waals surface area contributed by atoms with Crippen molar-refractivity contribution in [3.05, 3.63) is 16.8 Å². The van der Waals surface area contributed by atoms with Gasteiger partial charge in [-0.2, -0.15) is 10.4 Å². The highest BCUT2D eigenvalue weighted by molar-refractivity contribution is 5.90. The summed E-state index contributed by atoms with van der Waals surface area (Å²) in [5, 5.41) is 28.9. The summed E-state index contributed by atoms with van der Waals surface area (Å²) in [4.78, 5) is 24.4. The van der Waals surface area contributed by atoms with Crippen molar-refractivity contribution in [3.63, 3.8) is 0 Å². The highest BCUT2D eigenvalue weighted by atomic mass is 16.4. The van der Waals surface area contributed by atoms with E-state index in [2.05, 4.69) is 21.6 Å². The molecule has 0 aromatic carbocycles. The second kappa shape index (κ2) is 5.75. The molecule has 0 aliphatic carbocycles. The lowest BCUT2D eigenvalue weighted by Crippen LogP contribution is -2.56. The van der Waals surface area contributed by atoms with Gasteiger partial charge in [0, 0.05) is 13.1 Å². The summed E-state index contributed by atoms with van der Waals surface area (Å²) in [7, 11) is 0. The topological polar surface area (TPSA) is 119 Å². The zero-order chi connectivity index (χ0) is 15.6. The van der Waals surface area contributed by atoms with Gasteiger partial charge in [0.25, 0.3) is 0 Å². The lowest BCUT2D eigenvalue weighted by Gasteiger charge is -2.35. The number of anilines is 1. The van der Waals surface area contributed by atoms with E-state index in [0.717, 1.165) is 0 Å². The molecular formula is C13H15N5O3. The minimum Gasteiger partial charge on any atom is -0.481 e. The number of amides is 1. The number of hydrogen-bond donors (Lipinski definition) is 2. The van der Waals surface area contributed by atoms with Crippen molar-refractivity contribution >= 4 is 17.7 Å². The molecule has 0 radical (unpaired) electrons. The summed E-state index contributed by atoms with van der Waals surface area (Å²) in [6.07, 6.45) is -0.356.